The molecule has 3 aromatic rings. The Morgan fingerprint density at radius 3 is 2.91 bits per heavy atom. The molecule has 0 saturated carbocycles. The summed E-state index contributed by atoms with van der Waals surface area (Å²) in [5.74, 6) is 1.22. The standard InChI is InChI=1S/C14H14N4O2S2/c1-17-6-5-15-13(17)22-9-10-3-4-11(20-10)12(19)16-14-18(2)7-8-21-14/h3-8H,9H2,1-2H3. The summed E-state index contributed by atoms with van der Waals surface area (Å²) in [6.07, 6.45) is 5.49. The quantitative estimate of drug-likeness (QED) is 0.688. The molecule has 3 aromatic heterocycles. The molecule has 0 aliphatic carbocycles. The molecule has 0 atom stereocenters. The molecule has 0 aromatic carbocycles. The van der Waals surface area contributed by atoms with Gasteiger partial charge in [0.2, 0.25) is 0 Å². The molecule has 0 radical (unpaired) electrons. The summed E-state index contributed by atoms with van der Waals surface area (Å²) in [5.41, 5.74) is 0. The highest BCUT2D eigenvalue weighted by atomic mass is 32.2. The summed E-state index contributed by atoms with van der Waals surface area (Å²) >= 11 is 2.96. The maximum absolute atomic E-state index is 12.1. The second kappa shape index (κ2) is 6.37. The molecule has 0 unspecified atom stereocenters. The van der Waals surface area contributed by atoms with Crippen LogP contribution in [-0.4, -0.2) is 20.0 Å². The fourth-order valence-corrected chi connectivity index (χ4v) is 3.33. The summed E-state index contributed by atoms with van der Waals surface area (Å²) in [5, 5.41) is 2.78. The van der Waals surface area contributed by atoms with E-state index in [-0.39, 0.29) is 11.7 Å². The van der Waals surface area contributed by atoms with Gasteiger partial charge in [0.05, 0.1) is 5.75 Å². The summed E-state index contributed by atoms with van der Waals surface area (Å²) in [7, 11) is 3.78. The minimum atomic E-state index is -0.369. The average molecular weight is 334 g/mol. The average Bonchev–Trinajstić information content (AvgIpc) is 3.20. The lowest BCUT2D eigenvalue weighted by molar-refractivity contribution is 0.0970. The Kier molecular flexibility index (Phi) is 4.30. The Morgan fingerprint density at radius 2 is 2.23 bits per heavy atom. The molecular formula is C14H14N4O2S2. The highest BCUT2D eigenvalue weighted by molar-refractivity contribution is 7.98. The lowest BCUT2D eigenvalue weighted by Crippen LogP contribution is -2.12. The second-order valence-corrected chi connectivity index (χ2v) is 6.40. The van der Waals surface area contributed by atoms with Crippen molar-refractivity contribution >= 4 is 29.0 Å². The Labute approximate surface area is 135 Å². The Bertz CT molecular complexity index is 856. The van der Waals surface area contributed by atoms with Crippen molar-refractivity contribution < 1.29 is 9.21 Å². The van der Waals surface area contributed by atoms with Crippen molar-refractivity contribution in [3.8, 4) is 0 Å². The minimum absolute atomic E-state index is 0.254. The summed E-state index contributed by atoms with van der Waals surface area (Å²) in [4.78, 5) is 21.0. The minimum Gasteiger partial charge on any atom is -0.455 e. The van der Waals surface area contributed by atoms with Gasteiger partial charge >= 0.3 is 5.91 Å². The van der Waals surface area contributed by atoms with Crippen molar-refractivity contribution in [2.75, 3.05) is 0 Å². The first-order chi connectivity index (χ1) is 10.6. The molecule has 1 amide bonds. The second-order valence-electron chi connectivity index (χ2n) is 4.59. The molecule has 0 N–H and O–H groups in total. The van der Waals surface area contributed by atoms with Crippen molar-refractivity contribution in [2.24, 2.45) is 19.1 Å². The van der Waals surface area contributed by atoms with Crippen LogP contribution in [0.5, 0.6) is 0 Å². The number of furan rings is 1. The third-order valence-electron chi connectivity index (χ3n) is 2.95. The van der Waals surface area contributed by atoms with Gasteiger partial charge in [-0.15, -0.1) is 11.3 Å². The number of nitrogens with zero attached hydrogens (tertiary/aromatic N) is 4. The van der Waals surface area contributed by atoms with Crippen molar-refractivity contribution in [1.82, 2.24) is 14.1 Å². The van der Waals surface area contributed by atoms with E-state index in [1.54, 1.807) is 34.7 Å². The van der Waals surface area contributed by atoms with E-state index < -0.39 is 0 Å². The zero-order chi connectivity index (χ0) is 15.5. The predicted molar refractivity (Wildman–Crippen MR) is 84.7 cm³/mol. The molecule has 114 valence electrons. The number of carbonyl (C=O) groups is 1. The van der Waals surface area contributed by atoms with Gasteiger partial charge in [0.15, 0.2) is 15.7 Å². The predicted octanol–water partition coefficient (Wildman–Crippen LogP) is 2.45. The van der Waals surface area contributed by atoms with Crippen LogP contribution in [0.25, 0.3) is 0 Å². The van der Waals surface area contributed by atoms with Gasteiger partial charge in [-0.1, -0.05) is 11.8 Å². The third-order valence-corrected chi connectivity index (χ3v) is 4.88. The molecule has 0 spiro atoms. The van der Waals surface area contributed by atoms with E-state index in [0.717, 1.165) is 10.9 Å². The van der Waals surface area contributed by atoms with Crippen LogP contribution in [0.4, 0.5) is 0 Å². The van der Waals surface area contributed by atoms with Crippen molar-refractivity contribution in [3.63, 3.8) is 0 Å². The van der Waals surface area contributed by atoms with Gasteiger partial charge in [-0.25, -0.2) is 4.98 Å². The first-order valence-corrected chi connectivity index (χ1v) is 8.38. The monoisotopic (exact) mass is 334 g/mol. The highest BCUT2D eigenvalue weighted by Crippen LogP contribution is 2.22. The van der Waals surface area contributed by atoms with Crippen LogP contribution in [-0.2, 0) is 19.8 Å². The van der Waals surface area contributed by atoms with E-state index >= 15 is 0 Å². The molecule has 3 rings (SSSR count). The van der Waals surface area contributed by atoms with E-state index in [2.05, 4.69) is 9.98 Å². The number of imidazole rings is 1. The van der Waals surface area contributed by atoms with Crippen LogP contribution in [0, 0.1) is 0 Å². The lowest BCUT2D eigenvalue weighted by atomic mass is 10.4. The van der Waals surface area contributed by atoms with Crippen LogP contribution in [0.2, 0.25) is 0 Å². The number of aromatic nitrogens is 3. The maximum atomic E-state index is 12.1. The Morgan fingerprint density at radius 1 is 1.36 bits per heavy atom. The maximum Gasteiger partial charge on any atom is 0.315 e. The lowest BCUT2D eigenvalue weighted by Gasteiger charge is -1.98. The van der Waals surface area contributed by atoms with Gasteiger partial charge in [-0.05, 0) is 12.1 Å². The number of aryl methyl sites for hydroxylation is 2. The molecule has 22 heavy (non-hydrogen) atoms. The number of rotatable bonds is 4. The van der Waals surface area contributed by atoms with Gasteiger partial charge in [-0.3, -0.25) is 4.79 Å². The topological polar surface area (TPSA) is 65.3 Å². The number of hydrogen-bond acceptors (Lipinski definition) is 5. The van der Waals surface area contributed by atoms with Crippen LogP contribution in [0.15, 0.2) is 50.7 Å². The van der Waals surface area contributed by atoms with Gasteiger partial charge in [0.1, 0.15) is 5.76 Å². The molecule has 6 nitrogen and oxygen atoms in total. The number of amides is 1. The summed E-state index contributed by atoms with van der Waals surface area (Å²) < 4.78 is 9.30. The molecule has 0 aliphatic heterocycles. The molecular weight excluding hydrogens is 320 g/mol. The van der Waals surface area contributed by atoms with E-state index in [1.165, 1.54) is 11.3 Å². The fourth-order valence-electron chi connectivity index (χ4n) is 1.77. The first-order valence-electron chi connectivity index (χ1n) is 6.51. The molecule has 8 heteroatoms. The Hall–Kier alpha value is -2.06. The Balaban J connectivity index is 1.70. The number of thiazole rings is 1. The van der Waals surface area contributed by atoms with Crippen LogP contribution >= 0.6 is 23.1 Å². The molecule has 0 aliphatic rings. The van der Waals surface area contributed by atoms with Gasteiger partial charge in [-0.2, -0.15) is 4.99 Å². The van der Waals surface area contributed by atoms with E-state index in [1.807, 2.05) is 36.4 Å². The molecule has 0 fully saturated rings. The van der Waals surface area contributed by atoms with Crippen molar-refractivity contribution in [2.45, 2.75) is 10.9 Å². The number of thioether (sulfide) groups is 1. The number of carbonyl (C=O) groups excluding carboxylic acids is 1. The SMILES string of the molecule is Cn1ccnc1SCc1ccc(C(=O)N=c2sccn2C)o1. The highest BCUT2D eigenvalue weighted by Gasteiger charge is 2.11. The smallest absolute Gasteiger partial charge is 0.315 e. The zero-order valence-corrected chi connectivity index (χ0v) is 13.7. The molecule has 0 saturated heterocycles. The summed E-state index contributed by atoms with van der Waals surface area (Å²) in [6, 6.07) is 3.46. The van der Waals surface area contributed by atoms with Crippen LogP contribution in [0.3, 0.4) is 0 Å². The van der Waals surface area contributed by atoms with Gasteiger partial charge < -0.3 is 13.6 Å². The third kappa shape index (κ3) is 3.23. The van der Waals surface area contributed by atoms with Gasteiger partial charge in [0.25, 0.3) is 0 Å². The van der Waals surface area contributed by atoms with Crippen molar-refractivity contribution in [3.05, 3.63) is 52.4 Å². The fraction of sp³-hybridized carbons (Fsp3) is 0.214. The summed E-state index contributed by atoms with van der Waals surface area (Å²) in [6.45, 7) is 0. The largest absolute Gasteiger partial charge is 0.455 e. The van der Waals surface area contributed by atoms with E-state index in [4.69, 9.17) is 4.42 Å². The first kappa shape index (κ1) is 14.9. The molecule has 0 bridgehead atoms. The normalized spacial score (nSPS) is 12.0. The van der Waals surface area contributed by atoms with E-state index in [0.29, 0.717) is 10.6 Å². The van der Waals surface area contributed by atoms with Crippen LogP contribution < -0.4 is 4.80 Å². The zero-order valence-electron chi connectivity index (χ0n) is 12.1. The van der Waals surface area contributed by atoms with Crippen LogP contribution in [0.1, 0.15) is 16.3 Å². The van der Waals surface area contributed by atoms with E-state index in [9.17, 15) is 4.79 Å². The molecule has 3 heterocycles. The van der Waals surface area contributed by atoms with Crippen molar-refractivity contribution in [1.29, 1.82) is 0 Å². The van der Waals surface area contributed by atoms with Gasteiger partial charge in [0, 0.05) is 38.1 Å². The number of hydrogen-bond donors (Lipinski definition) is 0.